The summed E-state index contributed by atoms with van der Waals surface area (Å²) in [5, 5.41) is 13.1. The summed E-state index contributed by atoms with van der Waals surface area (Å²) in [6.45, 7) is 0. The lowest BCUT2D eigenvalue weighted by Gasteiger charge is -2.02. The molecule has 1 aromatic carbocycles. The number of pyridine rings is 1. The molecule has 8 heteroatoms. The summed E-state index contributed by atoms with van der Waals surface area (Å²) in [4.78, 5) is 14.4. The zero-order valence-corrected chi connectivity index (χ0v) is 17.3. The first-order valence-corrected chi connectivity index (χ1v) is 10.2. The zero-order valence-electron chi connectivity index (χ0n) is 15.8. The van der Waals surface area contributed by atoms with Gasteiger partial charge in [0, 0.05) is 31.1 Å². The highest BCUT2D eigenvalue weighted by atomic mass is 35.5. The van der Waals surface area contributed by atoms with Crippen molar-refractivity contribution >= 4 is 40.2 Å². The largest absolute Gasteiger partial charge is 0.374 e. The standard InChI is InChI=1S/C12H17N5S.C8H7ClO/c1-14-10-7-6-9(8-15-10)4-2-3-5-11-16-17-12(13)18-11;9-8-4-2-1-3-7(8)5-6-10/h6-8H,2-5H2,1H3,(H2,13,17)(H,14,15);1-4,6H,5H2. The van der Waals surface area contributed by atoms with E-state index in [1.807, 2.05) is 37.5 Å². The number of nitrogens with one attached hydrogen (secondary N) is 1. The SMILES string of the molecule is CNc1ccc(CCCCc2nnc(N)s2)cn1.O=CCc1ccccc1Cl. The summed E-state index contributed by atoms with van der Waals surface area (Å²) >= 11 is 7.22. The highest BCUT2D eigenvalue weighted by Crippen LogP contribution is 2.15. The average Bonchev–Trinajstić information content (AvgIpc) is 3.13. The Labute approximate surface area is 174 Å². The zero-order chi connectivity index (χ0) is 20.2. The van der Waals surface area contributed by atoms with Crippen LogP contribution in [-0.2, 0) is 24.1 Å². The monoisotopic (exact) mass is 417 g/mol. The van der Waals surface area contributed by atoms with Gasteiger partial charge in [-0.05, 0) is 42.5 Å². The number of anilines is 2. The Morgan fingerprint density at radius 2 is 1.93 bits per heavy atom. The van der Waals surface area contributed by atoms with E-state index in [4.69, 9.17) is 17.3 Å². The molecule has 0 bridgehead atoms. The second-order valence-electron chi connectivity index (χ2n) is 6.01. The van der Waals surface area contributed by atoms with Crippen LogP contribution in [0.5, 0.6) is 0 Å². The molecule has 0 aliphatic carbocycles. The molecule has 3 rings (SSSR count). The normalized spacial score (nSPS) is 10.1. The molecule has 0 amide bonds. The lowest BCUT2D eigenvalue weighted by atomic mass is 10.1. The molecule has 3 aromatic rings. The maximum atomic E-state index is 10.1. The van der Waals surface area contributed by atoms with Crippen LogP contribution in [0, 0.1) is 0 Å². The first kappa shape index (κ1) is 21.8. The molecule has 0 atom stereocenters. The van der Waals surface area contributed by atoms with Crippen molar-refractivity contribution in [2.45, 2.75) is 32.1 Å². The van der Waals surface area contributed by atoms with Gasteiger partial charge >= 0.3 is 0 Å². The number of nitrogens with zero attached hydrogens (tertiary/aromatic N) is 3. The van der Waals surface area contributed by atoms with Crippen LogP contribution < -0.4 is 11.1 Å². The fraction of sp³-hybridized carbons (Fsp3) is 0.300. The van der Waals surface area contributed by atoms with Crippen LogP contribution in [0.2, 0.25) is 5.02 Å². The first-order valence-electron chi connectivity index (χ1n) is 9.00. The third-order valence-electron chi connectivity index (χ3n) is 3.93. The number of nitrogen functional groups attached to an aromatic ring is 1. The number of carbonyl (C=O) groups is 1. The van der Waals surface area contributed by atoms with Gasteiger partial charge < -0.3 is 15.8 Å². The molecule has 0 aliphatic rings. The van der Waals surface area contributed by atoms with Crippen LogP contribution in [0.25, 0.3) is 0 Å². The molecule has 0 saturated heterocycles. The maximum Gasteiger partial charge on any atom is 0.203 e. The molecule has 0 unspecified atom stereocenters. The molecule has 2 aromatic heterocycles. The van der Waals surface area contributed by atoms with Crippen LogP contribution in [0.15, 0.2) is 42.6 Å². The number of rotatable bonds is 8. The van der Waals surface area contributed by atoms with Gasteiger partial charge in [-0.3, -0.25) is 0 Å². The summed E-state index contributed by atoms with van der Waals surface area (Å²) in [7, 11) is 1.87. The molecule has 2 heterocycles. The van der Waals surface area contributed by atoms with Gasteiger partial charge in [-0.2, -0.15) is 0 Å². The van der Waals surface area contributed by atoms with Crippen molar-refractivity contribution < 1.29 is 4.79 Å². The van der Waals surface area contributed by atoms with E-state index in [-0.39, 0.29) is 0 Å². The second kappa shape index (κ2) is 12.0. The van der Waals surface area contributed by atoms with Gasteiger partial charge in [-0.15, -0.1) is 10.2 Å². The van der Waals surface area contributed by atoms with Crippen molar-refractivity contribution in [2.75, 3.05) is 18.1 Å². The molecule has 3 N–H and O–H groups in total. The number of aryl methyl sites for hydroxylation is 2. The molecule has 0 saturated carbocycles. The number of hydrogen-bond acceptors (Lipinski definition) is 7. The lowest BCUT2D eigenvalue weighted by Crippen LogP contribution is -1.94. The van der Waals surface area contributed by atoms with Gasteiger partial charge in [0.05, 0.1) is 0 Å². The van der Waals surface area contributed by atoms with Gasteiger partial charge in [-0.1, -0.05) is 47.2 Å². The summed E-state index contributed by atoms with van der Waals surface area (Å²) in [5.41, 5.74) is 7.69. The number of aromatic nitrogens is 3. The fourth-order valence-electron chi connectivity index (χ4n) is 2.45. The number of aldehydes is 1. The van der Waals surface area contributed by atoms with Gasteiger partial charge in [0.15, 0.2) is 0 Å². The van der Waals surface area contributed by atoms with Crippen molar-refractivity contribution in [2.24, 2.45) is 0 Å². The maximum absolute atomic E-state index is 10.1. The van der Waals surface area contributed by atoms with E-state index >= 15 is 0 Å². The van der Waals surface area contributed by atoms with E-state index < -0.39 is 0 Å². The Hall–Kier alpha value is -2.51. The van der Waals surface area contributed by atoms with E-state index in [0.29, 0.717) is 16.6 Å². The molecule has 0 fully saturated rings. The van der Waals surface area contributed by atoms with Crippen molar-refractivity contribution in [3.05, 3.63) is 63.8 Å². The first-order chi connectivity index (χ1) is 13.6. The van der Waals surface area contributed by atoms with E-state index in [1.54, 1.807) is 6.07 Å². The number of hydrogen-bond donors (Lipinski definition) is 2. The highest BCUT2D eigenvalue weighted by Gasteiger charge is 2.01. The second-order valence-corrected chi connectivity index (χ2v) is 7.51. The summed E-state index contributed by atoms with van der Waals surface area (Å²) in [6, 6.07) is 11.4. The van der Waals surface area contributed by atoms with Gasteiger partial charge in [0.2, 0.25) is 5.13 Å². The number of unbranched alkanes of at least 4 members (excludes halogenated alkanes) is 1. The van der Waals surface area contributed by atoms with Crippen LogP contribution in [0.3, 0.4) is 0 Å². The molecule has 6 nitrogen and oxygen atoms in total. The lowest BCUT2D eigenvalue weighted by molar-refractivity contribution is -0.107. The van der Waals surface area contributed by atoms with Crippen molar-refractivity contribution in [1.82, 2.24) is 15.2 Å². The Morgan fingerprint density at radius 1 is 1.14 bits per heavy atom. The average molecular weight is 418 g/mol. The van der Waals surface area contributed by atoms with Crippen molar-refractivity contribution in [1.29, 1.82) is 0 Å². The van der Waals surface area contributed by atoms with Crippen molar-refractivity contribution in [3.8, 4) is 0 Å². The van der Waals surface area contributed by atoms with E-state index in [0.717, 1.165) is 48.4 Å². The van der Waals surface area contributed by atoms with E-state index in [2.05, 4.69) is 26.6 Å². The Balaban J connectivity index is 0.000000237. The minimum atomic E-state index is 0.402. The van der Waals surface area contributed by atoms with Gasteiger partial charge in [-0.25, -0.2) is 4.98 Å². The Bertz CT molecular complexity index is 854. The van der Waals surface area contributed by atoms with Crippen molar-refractivity contribution in [3.63, 3.8) is 0 Å². The molecule has 0 radical (unpaired) electrons. The molecular formula is C20H24ClN5OS. The molecule has 0 spiro atoms. The Morgan fingerprint density at radius 3 is 2.54 bits per heavy atom. The minimum absolute atomic E-state index is 0.402. The molecular weight excluding hydrogens is 394 g/mol. The van der Waals surface area contributed by atoms with E-state index in [9.17, 15) is 4.79 Å². The number of nitrogens with two attached hydrogens (primary N) is 1. The summed E-state index contributed by atoms with van der Waals surface area (Å²) < 4.78 is 0. The van der Waals surface area contributed by atoms with Gasteiger partial charge in [0.1, 0.15) is 17.1 Å². The number of benzene rings is 1. The topological polar surface area (TPSA) is 93.8 Å². The van der Waals surface area contributed by atoms with E-state index in [1.165, 1.54) is 16.9 Å². The number of halogens is 1. The minimum Gasteiger partial charge on any atom is -0.374 e. The van der Waals surface area contributed by atoms with Crippen LogP contribution >= 0.6 is 22.9 Å². The third kappa shape index (κ3) is 7.62. The smallest absolute Gasteiger partial charge is 0.203 e. The number of carbonyl (C=O) groups excluding carboxylic acids is 1. The predicted octanol–water partition coefficient (Wildman–Crippen LogP) is 4.20. The summed E-state index contributed by atoms with van der Waals surface area (Å²) in [5.74, 6) is 0.906. The molecule has 28 heavy (non-hydrogen) atoms. The molecule has 148 valence electrons. The fourth-order valence-corrected chi connectivity index (χ4v) is 3.31. The van der Waals surface area contributed by atoms with Gasteiger partial charge in [0.25, 0.3) is 0 Å². The van der Waals surface area contributed by atoms with Crippen LogP contribution in [0.1, 0.15) is 29.0 Å². The summed E-state index contributed by atoms with van der Waals surface area (Å²) in [6.07, 6.45) is 7.40. The van der Waals surface area contributed by atoms with Crippen LogP contribution in [0.4, 0.5) is 10.9 Å². The predicted molar refractivity (Wildman–Crippen MR) is 116 cm³/mol. The molecule has 0 aliphatic heterocycles. The quantitative estimate of drug-likeness (QED) is 0.421. The Kier molecular flexibility index (Phi) is 9.37. The highest BCUT2D eigenvalue weighted by molar-refractivity contribution is 7.15. The third-order valence-corrected chi connectivity index (χ3v) is 5.11. The van der Waals surface area contributed by atoms with Crippen LogP contribution in [-0.4, -0.2) is 28.5 Å².